The number of nitrogens with one attached hydrogen (secondary N) is 1. The van der Waals surface area contributed by atoms with Crippen molar-refractivity contribution in [3.8, 4) is 0 Å². The van der Waals surface area contributed by atoms with Crippen LogP contribution in [0.15, 0.2) is 11.6 Å². The number of allylic oxidation sites excluding steroid dienone is 1. The Hall–Kier alpha value is -0.380. The highest BCUT2D eigenvalue weighted by Gasteiger charge is 2.26. The second-order valence-corrected chi connectivity index (χ2v) is 7.78. The van der Waals surface area contributed by atoms with Crippen molar-refractivity contribution < 1.29 is 5.11 Å². The van der Waals surface area contributed by atoms with Gasteiger partial charge in [-0.3, -0.25) is 0 Å². The maximum absolute atomic E-state index is 10.2. The summed E-state index contributed by atoms with van der Waals surface area (Å²) in [4.78, 5) is 0. The summed E-state index contributed by atoms with van der Waals surface area (Å²) in [6, 6.07) is 0.144. The fourth-order valence-corrected chi connectivity index (χ4v) is 3.92. The van der Waals surface area contributed by atoms with Gasteiger partial charge in [-0.1, -0.05) is 82.8 Å². The molecule has 0 saturated heterocycles. The van der Waals surface area contributed by atoms with E-state index in [0.29, 0.717) is 6.54 Å². The van der Waals surface area contributed by atoms with Gasteiger partial charge in [-0.15, -0.1) is 0 Å². The van der Waals surface area contributed by atoms with Gasteiger partial charge in [0.2, 0.25) is 0 Å². The van der Waals surface area contributed by atoms with E-state index in [1.54, 1.807) is 0 Å². The number of aliphatic hydroxyl groups is 1. The highest BCUT2D eigenvalue weighted by atomic mass is 16.3. The van der Waals surface area contributed by atoms with Crippen molar-refractivity contribution >= 4 is 0 Å². The topological polar surface area (TPSA) is 58.3 Å². The van der Waals surface area contributed by atoms with Crippen LogP contribution in [0.1, 0.15) is 103 Å². The van der Waals surface area contributed by atoms with Crippen molar-refractivity contribution in [3.05, 3.63) is 11.6 Å². The first-order valence-electron chi connectivity index (χ1n) is 11.1. The van der Waals surface area contributed by atoms with Gasteiger partial charge in [0, 0.05) is 13.1 Å². The van der Waals surface area contributed by atoms with E-state index in [0.717, 1.165) is 25.8 Å². The molecule has 1 aliphatic rings. The Morgan fingerprint density at radius 2 is 1.60 bits per heavy atom. The predicted octanol–water partition coefficient (Wildman–Crippen LogP) is 5.08. The van der Waals surface area contributed by atoms with Crippen LogP contribution < -0.4 is 11.1 Å². The molecule has 0 aromatic heterocycles. The molecule has 1 rings (SSSR count). The highest BCUT2D eigenvalue weighted by Crippen LogP contribution is 2.25. The van der Waals surface area contributed by atoms with Gasteiger partial charge in [0.1, 0.15) is 0 Å². The maximum Gasteiger partial charge on any atom is 0.0731 e. The van der Waals surface area contributed by atoms with Crippen LogP contribution in [0, 0.1) is 0 Å². The van der Waals surface area contributed by atoms with Gasteiger partial charge >= 0.3 is 0 Å². The Morgan fingerprint density at radius 1 is 1.00 bits per heavy atom. The summed E-state index contributed by atoms with van der Waals surface area (Å²) in [5, 5.41) is 13.6. The van der Waals surface area contributed by atoms with E-state index < -0.39 is 0 Å². The number of aliphatic hydroxyl groups excluding tert-OH is 1. The minimum absolute atomic E-state index is 0.144. The molecule has 0 bridgehead atoms. The summed E-state index contributed by atoms with van der Waals surface area (Å²) in [5.41, 5.74) is 7.01. The smallest absolute Gasteiger partial charge is 0.0731 e. The van der Waals surface area contributed by atoms with Gasteiger partial charge < -0.3 is 16.2 Å². The third-order valence-corrected chi connectivity index (χ3v) is 5.47. The van der Waals surface area contributed by atoms with Gasteiger partial charge in [-0.25, -0.2) is 0 Å². The van der Waals surface area contributed by atoms with Crippen LogP contribution in [0.5, 0.6) is 0 Å². The number of hydrogen-bond donors (Lipinski definition) is 3. The average Bonchev–Trinajstić information content (AvgIpc) is 2.62. The van der Waals surface area contributed by atoms with E-state index in [9.17, 15) is 5.11 Å². The average molecular weight is 353 g/mol. The van der Waals surface area contributed by atoms with E-state index in [2.05, 4.69) is 18.3 Å². The van der Waals surface area contributed by atoms with Gasteiger partial charge in [0.05, 0.1) is 12.1 Å². The van der Waals surface area contributed by atoms with Crippen molar-refractivity contribution in [1.29, 1.82) is 0 Å². The molecule has 0 aliphatic heterocycles. The van der Waals surface area contributed by atoms with Crippen LogP contribution >= 0.6 is 0 Å². The molecule has 0 heterocycles. The second kappa shape index (κ2) is 15.8. The lowest BCUT2D eigenvalue weighted by Gasteiger charge is -2.31. The zero-order chi connectivity index (χ0) is 18.2. The predicted molar refractivity (Wildman–Crippen MR) is 110 cm³/mol. The van der Waals surface area contributed by atoms with Crippen LogP contribution in [-0.2, 0) is 0 Å². The number of rotatable bonds is 15. The minimum atomic E-state index is -0.233. The van der Waals surface area contributed by atoms with E-state index >= 15 is 0 Å². The zero-order valence-electron chi connectivity index (χ0n) is 16.8. The van der Waals surface area contributed by atoms with E-state index in [-0.39, 0.29) is 12.1 Å². The molecular formula is C22H44N2O. The normalized spacial score (nSPS) is 22.6. The number of hydrogen-bond acceptors (Lipinski definition) is 3. The van der Waals surface area contributed by atoms with Crippen molar-refractivity contribution in [2.45, 2.75) is 115 Å². The lowest BCUT2D eigenvalue weighted by molar-refractivity contribution is 0.115. The molecule has 1 aliphatic carbocycles. The summed E-state index contributed by atoms with van der Waals surface area (Å²) in [5.74, 6) is 0. The Labute approximate surface area is 156 Å². The molecule has 25 heavy (non-hydrogen) atoms. The summed E-state index contributed by atoms with van der Waals surface area (Å²) >= 11 is 0. The zero-order valence-corrected chi connectivity index (χ0v) is 16.8. The molecule has 3 heteroatoms. The Bertz CT molecular complexity index is 330. The molecule has 0 radical (unpaired) electrons. The van der Waals surface area contributed by atoms with Crippen molar-refractivity contribution in [3.63, 3.8) is 0 Å². The summed E-state index contributed by atoms with van der Waals surface area (Å²) < 4.78 is 0. The highest BCUT2D eigenvalue weighted by molar-refractivity contribution is 5.16. The first-order chi connectivity index (χ1) is 12.3. The van der Waals surface area contributed by atoms with Gasteiger partial charge in [0.25, 0.3) is 0 Å². The van der Waals surface area contributed by atoms with Crippen LogP contribution in [0.3, 0.4) is 0 Å². The van der Waals surface area contributed by atoms with Crippen LogP contribution in [-0.4, -0.2) is 30.3 Å². The molecule has 0 aromatic rings. The van der Waals surface area contributed by atoms with Gasteiger partial charge in [-0.2, -0.15) is 0 Å². The van der Waals surface area contributed by atoms with Gasteiger partial charge in [0.15, 0.2) is 0 Å². The molecule has 1 fully saturated rings. The largest absolute Gasteiger partial charge is 0.391 e. The third kappa shape index (κ3) is 11.0. The standard InChI is InChI=1S/C22H44N2O/c1-2-3-4-5-6-7-8-9-10-11-12-13-15-20-16-14-17-21(25)22(20)24-19-18-23/h15,21-22,24-25H,2-14,16-19,23H2,1H3/b20-15-/t21-,22-/m0/s1. The lowest BCUT2D eigenvalue weighted by atomic mass is 9.86. The monoisotopic (exact) mass is 352 g/mol. The lowest BCUT2D eigenvalue weighted by Crippen LogP contribution is -2.45. The van der Waals surface area contributed by atoms with Crippen molar-refractivity contribution in [2.24, 2.45) is 5.73 Å². The van der Waals surface area contributed by atoms with Crippen molar-refractivity contribution in [1.82, 2.24) is 5.32 Å². The van der Waals surface area contributed by atoms with Gasteiger partial charge in [-0.05, 0) is 32.1 Å². The van der Waals surface area contributed by atoms with E-state index in [1.807, 2.05) is 0 Å². The molecule has 0 spiro atoms. The molecule has 3 nitrogen and oxygen atoms in total. The fraction of sp³-hybridized carbons (Fsp3) is 0.909. The number of nitrogens with two attached hydrogens (primary N) is 1. The van der Waals surface area contributed by atoms with Crippen LogP contribution in [0.25, 0.3) is 0 Å². The number of unbranched alkanes of at least 4 members (excludes halogenated alkanes) is 11. The Morgan fingerprint density at radius 3 is 2.20 bits per heavy atom. The van der Waals surface area contributed by atoms with Crippen LogP contribution in [0.4, 0.5) is 0 Å². The van der Waals surface area contributed by atoms with E-state index in [1.165, 1.54) is 82.6 Å². The second-order valence-electron chi connectivity index (χ2n) is 7.78. The first-order valence-corrected chi connectivity index (χ1v) is 11.1. The molecule has 0 unspecified atom stereocenters. The van der Waals surface area contributed by atoms with Crippen molar-refractivity contribution in [2.75, 3.05) is 13.1 Å². The summed E-state index contributed by atoms with van der Waals surface area (Å²) in [6.07, 6.45) is 21.8. The molecule has 0 aromatic carbocycles. The fourth-order valence-electron chi connectivity index (χ4n) is 3.92. The minimum Gasteiger partial charge on any atom is -0.391 e. The molecular weight excluding hydrogens is 308 g/mol. The molecule has 0 amide bonds. The van der Waals surface area contributed by atoms with Crippen LogP contribution in [0.2, 0.25) is 0 Å². The van der Waals surface area contributed by atoms with E-state index in [4.69, 9.17) is 5.73 Å². The Kier molecular flexibility index (Phi) is 14.4. The molecule has 2 atom stereocenters. The molecule has 1 saturated carbocycles. The SMILES string of the molecule is CCCCCCCCCCCCC/C=C1/CCC[C@H](O)[C@H]1NCCN. The molecule has 148 valence electrons. The summed E-state index contributed by atoms with van der Waals surface area (Å²) in [7, 11) is 0. The quantitative estimate of drug-likeness (QED) is 0.285. The Balaban J connectivity index is 2.04. The molecule has 4 N–H and O–H groups in total. The third-order valence-electron chi connectivity index (χ3n) is 5.47. The summed E-state index contributed by atoms with van der Waals surface area (Å²) in [6.45, 7) is 3.70. The maximum atomic E-state index is 10.2. The first kappa shape index (κ1) is 22.7.